The predicted molar refractivity (Wildman–Crippen MR) is 495 cm³/mol. The minimum absolute atomic E-state index is 0.00269. The third kappa shape index (κ3) is 30.4. The molecule has 30 heteroatoms. The number of benzene rings is 1. The van der Waals surface area contributed by atoms with Crippen LogP contribution in [0, 0.1) is 16.2 Å². The van der Waals surface area contributed by atoms with Crippen molar-refractivity contribution in [1.82, 2.24) is 29.6 Å². The van der Waals surface area contributed by atoms with Gasteiger partial charge < -0.3 is 82.9 Å². The summed E-state index contributed by atoms with van der Waals surface area (Å²) in [5.74, 6) is -4.45. The van der Waals surface area contributed by atoms with E-state index >= 15 is 0 Å². The molecule has 7 rings (SSSR count). The fraction of sp³-hybridized carbons (Fsp3) is 0.879. The van der Waals surface area contributed by atoms with Crippen LogP contribution in [0.4, 0.5) is 0 Å². The first-order valence-electron chi connectivity index (χ1n) is 48.2. The Balaban J connectivity index is 1.14. The molecule has 6 fully saturated rings. The van der Waals surface area contributed by atoms with Crippen molar-refractivity contribution >= 4 is 48.6 Å². The number of rotatable bonds is 48. The van der Waals surface area contributed by atoms with Crippen molar-refractivity contribution < 1.29 is 112 Å². The third-order valence-corrected chi connectivity index (χ3v) is 29.3. The molecule has 0 spiro atoms. The van der Waals surface area contributed by atoms with Crippen LogP contribution in [0.2, 0.25) is 0 Å². The number of piperidine rings is 6. The van der Waals surface area contributed by atoms with Gasteiger partial charge in [0.05, 0.1) is 116 Å². The number of hydrogen-bond acceptors (Lipinski definition) is 30. The van der Waals surface area contributed by atoms with E-state index in [1.165, 1.54) is 25.3 Å². The summed E-state index contributed by atoms with van der Waals surface area (Å²) in [7, 11) is 0. The second kappa shape index (κ2) is 45.3. The number of hydroxylamine groups is 10. The van der Waals surface area contributed by atoms with Gasteiger partial charge in [-0.25, -0.2) is 4.31 Å². The molecule has 6 aliphatic rings. The van der Waals surface area contributed by atoms with E-state index in [1.807, 2.05) is 151 Å². The van der Waals surface area contributed by atoms with Crippen LogP contribution in [0.15, 0.2) is 18.2 Å². The van der Waals surface area contributed by atoms with Crippen LogP contribution in [0.1, 0.15) is 358 Å². The maximum atomic E-state index is 14.8. The van der Waals surface area contributed by atoms with Crippen molar-refractivity contribution in [2.45, 2.75) is 463 Å². The van der Waals surface area contributed by atoms with Gasteiger partial charge in [-0.1, -0.05) is 31.0 Å². The Hall–Kier alpha value is -4.29. The summed E-state index contributed by atoms with van der Waals surface area (Å²) >= 11 is 4.84. The third-order valence-electron chi connectivity index (χ3n) is 28.2. The Bertz CT molecular complexity index is 3490. The molecule has 1 aromatic rings. The number of carbonyl (C=O) groups excluding carboxylic acids is 6. The van der Waals surface area contributed by atoms with Crippen LogP contribution >= 0.6 is 12.8 Å². The van der Waals surface area contributed by atoms with Crippen molar-refractivity contribution in [3.05, 3.63) is 34.9 Å². The zero-order valence-electron chi connectivity index (χ0n) is 84.5. The minimum Gasteiger partial charge on any atom is -0.465 e. The van der Waals surface area contributed by atoms with Crippen molar-refractivity contribution in [3.63, 3.8) is 0 Å². The van der Waals surface area contributed by atoms with Gasteiger partial charge in [0.25, 0.3) is 0 Å². The van der Waals surface area contributed by atoms with Gasteiger partial charge in [-0.2, -0.15) is 25.3 Å². The molecule has 6 heterocycles. The molecule has 1 aromatic carbocycles. The fourth-order valence-corrected chi connectivity index (χ4v) is 21.8. The summed E-state index contributed by atoms with van der Waals surface area (Å²) in [6.07, 6.45) is 10.8. The van der Waals surface area contributed by atoms with Crippen molar-refractivity contribution in [3.8, 4) is 0 Å². The molecule has 1 unspecified atom stereocenters. The molecular formula is C99H174N6O23S. The molecule has 0 amide bonds. The molecular weight excluding hydrogens is 1670 g/mol. The average molecular weight is 1850 g/mol. The monoisotopic (exact) mass is 1850 g/mol. The Morgan fingerprint density at radius 1 is 0.279 bits per heavy atom. The summed E-state index contributed by atoms with van der Waals surface area (Å²) in [5, 5.41) is 61.8. The fourth-order valence-electron chi connectivity index (χ4n) is 21.7. The van der Waals surface area contributed by atoms with E-state index < -0.39 is 107 Å². The van der Waals surface area contributed by atoms with Crippen LogP contribution in [0.3, 0.4) is 0 Å². The lowest BCUT2D eigenvalue weighted by Gasteiger charge is -2.52. The van der Waals surface area contributed by atoms with E-state index in [9.17, 15) is 54.8 Å². The Kier molecular flexibility index (Phi) is 39.3. The van der Waals surface area contributed by atoms with E-state index in [0.717, 1.165) is 29.5 Å². The van der Waals surface area contributed by atoms with E-state index in [4.69, 9.17) is 69.7 Å². The summed E-state index contributed by atoms with van der Waals surface area (Å²) in [5.41, 5.74) is -8.52. The molecule has 129 heavy (non-hydrogen) atoms. The Morgan fingerprint density at radius 3 is 0.659 bits per heavy atom. The lowest BCUT2D eigenvalue weighted by Crippen LogP contribution is -2.60. The van der Waals surface area contributed by atoms with Gasteiger partial charge in [0.2, 0.25) is 0 Å². The van der Waals surface area contributed by atoms with Crippen molar-refractivity contribution in [2.24, 2.45) is 16.2 Å². The van der Waals surface area contributed by atoms with E-state index in [0.29, 0.717) is 141 Å². The number of thiol groups is 1. The van der Waals surface area contributed by atoms with E-state index in [1.54, 1.807) is 20.8 Å². The highest BCUT2D eigenvalue weighted by atomic mass is 32.1. The number of hydrogen-bond donors (Lipinski definition) is 6. The molecule has 6 saturated heterocycles. The second-order valence-electron chi connectivity index (χ2n) is 46.6. The summed E-state index contributed by atoms with van der Waals surface area (Å²) in [6.45, 7) is 54.2. The molecule has 29 nitrogen and oxygen atoms in total. The first kappa shape index (κ1) is 112. The van der Waals surface area contributed by atoms with Crippen LogP contribution in [-0.4, -0.2) is 274 Å². The molecule has 0 aromatic heterocycles. The van der Waals surface area contributed by atoms with Crippen molar-refractivity contribution in [2.75, 3.05) is 79.3 Å². The predicted octanol–water partition coefficient (Wildman–Crippen LogP) is 17.3. The van der Waals surface area contributed by atoms with E-state index in [-0.39, 0.29) is 146 Å². The van der Waals surface area contributed by atoms with Gasteiger partial charge in [-0.05, 0) is 338 Å². The average Bonchev–Trinajstić information content (AvgIpc) is 0.793. The smallest absolute Gasteiger partial charge is 0.323 e. The highest BCUT2D eigenvalue weighted by molar-refractivity contribution is 7.77. The molecule has 744 valence electrons. The van der Waals surface area contributed by atoms with Gasteiger partial charge in [0.1, 0.15) is 0 Å². The van der Waals surface area contributed by atoms with Gasteiger partial charge in [0.15, 0.2) is 16.2 Å². The zero-order valence-corrected chi connectivity index (χ0v) is 85.4. The summed E-state index contributed by atoms with van der Waals surface area (Å²) in [6, 6.07) is 6.04. The highest BCUT2D eigenvalue weighted by Gasteiger charge is 2.54. The first-order valence-corrected chi connectivity index (χ1v) is 48.6. The molecule has 6 aliphatic heterocycles. The normalized spacial score (nSPS) is 23.4. The Labute approximate surface area is 779 Å². The zero-order chi connectivity index (χ0) is 96.8. The largest absolute Gasteiger partial charge is 0.465 e. The Morgan fingerprint density at radius 2 is 0.457 bits per heavy atom. The lowest BCUT2D eigenvalue weighted by atomic mass is 9.80. The summed E-state index contributed by atoms with van der Waals surface area (Å²) in [4.78, 5) is 88.4. The molecule has 0 bridgehead atoms. The molecule has 0 saturated carbocycles. The number of ether oxygens (including phenoxy) is 12. The molecule has 1 atom stereocenters. The van der Waals surface area contributed by atoms with Gasteiger partial charge in [-0.3, -0.25) is 28.8 Å². The van der Waals surface area contributed by atoms with Gasteiger partial charge >= 0.3 is 35.8 Å². The quantitative estimate of drug-likeness (QED) is 0.0116. The SMILES string of the molecule is CC(CCCc1ccc(CCCC(C)(C(=O)OCCCOC2CC(C)(C)N(O)C(C)(C)C2)C(=O)OCCCOC2CC(C)(C)N(O)C(C)(C)C2)c(CCCC(C)(C(=O)OCCCOC2CC(C)(C)N(O)C(C)(C)C2)C(=O)OCCCOC2CC(C)(C)N(O)C(C)(C)C2)c1)(C(=O)OCCCOC1CC(C)(C)N(O)C(C)(C)C1)C(=O)OCCCOC1CC(C)(C)N(S)C(C)(C)C1. The van der Waals surface area contributed by atoms with Gasteiger partial charge in [0, 0.05) is 105 Å². The second-order valence-corrected chi connectivity index (χ2v) is 47.0. The molecule has 0 aliphatic carbocycles. The highest BCUT2D eigenvalue weighted by Crippen LogP contribution is 2.46. The number of aryl methyl sites for hydroxylation is 3. The summed E-state index contributed by atoms with van der Waals surface area (Å²) < 4.78 is 76.4. The minimum atomic E-state index is -1.79. The number of carbonyl (C=O) groups is 6. The number of esters is 6. The molecule has 0 radical (unpaired) electrons. The van der Waals surface area contributed by atoms with Gasteiger partial charge in [-0.15, -0.1) is 0 Å². The number of nitrogens with zero attached hydrogens (tertiary/aromatic N) is 6. The lowest BCUT2D eigenvalue weighted by molar-refractivity contribution is -0.261. The van der Waals surface area contributed by atoms with Crippen molar-refractivity contribution in [1.29, 1.82) is 0 Å². The molecule has 5 N–H and O–H groups in total. The van der Waals surface area contributed by atoms with Crippen LogP contribution in [0.5, 0.6) is 0 Å². The first-order chi connectivity index (χ1) is 59.4. The topological polar surface area (TPSA) is 334 Å². The van der Waals surface area contributed by atoms with Crippen LogP contribution in [-0.2, 0) is 105 Å². The van der Waals surface area contributed by atoms with Crippen LogP contribution in [0.25, 0.3) is 0 Å². The standard InChI is InChI=1S/C99H174N6O23S/c1-85(2)58-73(59-86(3,4)100(85)112)117-45-31-51-123-79(106)97(25,80(107)124-56-36-50-122-78-68-95(21,22)105(129)96(23,24)69-78)42-28-37-70-40-41-71(38-29-43-98(26,81(108)125-52-32-46-118-74-60-87(5,6)101(113)88(7,8)61-74)82(109)126-53-33-47-119-75-62-89(9,10)102(114)90(11,12)63-75)72(57-70)39-30-44-99(27,83(110)127-54-34-48-120-76-64-91(13,14)103(115)92(15,16)65-76)84(111)128-55-35-49-121-77-66-93(17,18)104(116)94(19,20)67-77/h40-41,57,73-78,112-116,129H,28-39,42-56,58-69H2,1-27H3. The van der Waals surface area contributed by atoms with E-state index in [2.05, 4.69) is 38.1 Å². The van der Waals surface area contributed by atoms with Crippen LogP contribution < -0.4 is 0 Å². The maximum absolute atomic E-state index is 14.8. The maximum Gasteiger partial charge on any atom is 0.323 e.